The molecule has 0 spiro atoms. The van der Waals surface area contributed by atoms with Gasteiger partial charge in [-0.25, -0.2) is 8.78 Å². The highest BCUT2D eigenvalue weighted by Crippen LogP contribution is 2.40. The van der Waals surface area contributed by atoms with Crippen LogP contribution in [-0.4, -0.2) is 44.3 Å². The van der Waals surface area contributed by atoms with Gasteiger partial charge >= 0.3 is 0 Å². The lowest BCUT2D eigenvalue weighted by atomic mass is 9.80. The molecular formula is C30H34F2N2O2. The number of hydrogen-bond donors (Lipinski definition) is 1. The molecule has 4 nitrogen and oxygen atoms in total. The predicted octanol–water partition coefficient (Wildman–Crippen LogP) is 5.76. The molecule has 1 N–H and O–H groups in total. The minimum Gasteiger partial charge on any atom is -0.497 e. The van der Waals surface area contributed by atoms with Gasteiger partial charge in [0.05, 0.1) is 14.2 Å². The number of fused-ring (bicyclic) bond motifs is 4. The number of benzene rings is 3. The normalized spacial score (nSPS) is 23.5. The molecule has 0 aromatic heterocycles. The smallest absolute Gasteiger partial charge is 0.127 e. The van der Waals surface area contributed by atoms with Crippen molar-refractivity contribution in [2.75, 3.05) is 27.3 Å². The topological polar surface area (TPSA) is 33.7 Å². The molecular weight excluding hydrogens is 458 g/mol. The van der Waals surface area contributed by atoms with E-state index in [4.69, 9.17) is 9.47 Å². The van der Waals surface area contributed by atoms with Crippen LogP contribution in [0.5, 0.6) is 11.5 Å². The zero-order valence-corrected chi connectivity index (χ0v) is 20.9. The van der Waals surface area contributed by atoms with E-state index in [2.05, 4.69) is 10.2 Å². The second-order valence-electron chi connectivity index (χ2n) is 9.96. The van der Waals surface area contributed by atoms with Gasteiger partial charge in [0.1, 0.15) is 23.1 Å². The Labute approximate surface area is 212 Å². The van der Waals surface area contributed by atoms with Crippen molar-refractivity contribution in [1.82, 2.24) is 10.2 Å². The average Bonchev–Trinajstić information content (AvgIpc) is 3.17. The molecule has 3 aromatic rings. The molecule has 3 heterocycles. The number of ether oxygens (including phenoxy) is 2. The standard InChI is InChI=1S/C30H34F2N2O2/c1-35-26-10-9-23(28(18-26)36-2)19-33-27-15-20-11-13-34(14-12-20)30(27)29(21-5-3-7-24(31)16-21)22-6-4-8-25(32)17-22/h3-10,16-18,20,27,29-30,33H,11-15,19H2,1-2H3. The zero-order valence-electron chi connectivity index (χ0n) is 20.9. The Hall–Kier alpha value is -2.96. The first-order chi connectivity index (χ1) is 17.6. The van der Waals surface area contributed by atoms with E-state index in [0.29, 0.717) is 12.5 Å². The monoisotopic (exact) mass is 492 g/mol. The Bertz CT molecular complexity index is 1130. The summed E-state index contributed by atoms with van der Waals surface area (Å²) in [5.41, 5.74) is 2.81. The molecule has 3 aliphatic heterocycles. The molecule has 2 bridgehead atoms. The maximum Gasteiger partial charge on any atom is 0.127 e. The first-order valence-electron chi connectivity index (χ1n) is 12.7. The van der Waals surface area contributed by atoms with Crippen molar-refractivity contribution in [1.29, 1.82) is 0 Å². The summed E-state index contributed by atoms with van der Waals surface area (Å²) in [5.74, 6) is 1.47. The fraction of sp³-hybridized carbons (Fsp3) is 0.400. The fourth-order valence-corrected chi connectivity index (χ4v) is 6.11. The summed E-state index contributed by atoms with van der Waals surface area (Å²) in [6.07, 6.45) is 3.33. The number of methoxy groups -OCH3 is 2. The van der Waals surface area contributed by atoms with Crippen LogP contribution in [0.15, 0.2) is 66.7 Å². The Morgan fingerprint density at radius 3 is 2.14 bits per heavy atom. The fourth-order valence-electron chi connectivity index (χ4n) is 6.11. The molecule has 3 aromatic carbocycles. The van der Waals surface area contributed by atoms with Crippen molar-refractivity contribution < 1.29 is 18.3 Å². The second kappa shape index (κ2) is 11.0. The van der Waals surface area contributed by atoms with E-state index in [0.717, 1.165) is 60.5 Å². The van der Waals surface area contributed by atoms with Gasteiger partial charge in [-0.1, -0.05) is 30.3 Å². The third kappa shape index (κ3) is 5.25. The van der Waals surface area contributed by atoms with Gasteiger partial charge in [0, 0.05) is 36.2 Å². The van der Waals surface area contributed by atoms with Gasteiger partial charge in [-0.05, 0) is 79.7 Å². The summed E-state index contributed by atoms with van der Waals surface area (Å²) in [5, 5.41) is 3.84. The zero-order chi connectivity index (χ0) is 25.1. The van der Waals surface area contributed by atoms with Gasteiger partial charge in [-0.2, -0.15) is 0 Å². The third-order valence-corrected chi connectivity index (χ3v) is 7.88. The number of piperidine rings is 1. The average molecular weight is 493 g/mol. The molecule has 3 fully saturated rings. The Balaban J connectivity index is 1.52. The summed E-state index contributed by atoms with van der Waals surface area (Å²) in [7, 11) is 3.31. The van der Waals surface area contributed by atoms with Crippen LogP contribution in [0.4, 0.5) is 8.78 Å². The molecule has 0 aliphatic carbocycles. The quantitative estimate of drug-likeness (QED) is 0.434. The largest absolute Gasteiger partial charge is 0.497 e. The van der Waals surface area contributed by atoms with E-state index in [1.807, 2.05) is 30.3 Å². The van der Waals surface area contributed by atoms with E-state index in [1.54, 1.807) is 38.5 Å². The van der Waals surface area contributed by atoms with Crippen LogP contribution in [0.1, 0.15) is 41.9 Å². The molecule has 3 saturated heterocycles. The van der Waals surface area contributed by atoms with Gasteiger partial charge in [-0.3, -0.25) is 4.90 Å². The van der Waals surface area contributed by atoms with Crippen molar-refractivity contribution in [2.24, 2.45) is 5.92 Å². The number of halogens is 2. The third-order valence-electron chi connectivity index (χ3n) is 7.88. The van der Waals surface area contributed by atoms with Gasteiger partial charge in [0.2, 0.25) is 0 Å². The highest BCUT2D eigenvalue weighted by Gasteiger charge is 2.42. The van der Waals surface area contributed by atoms with Gasteiger partial charge in [-0.15, -0.1) is 0 Å². The molecule has 3 aliphatic rings. The Morgan fingerprint density at radius 2 is 1.56 bits per heavy atom. The molecule has 2 atom stereocenters. The first kappa shape index (κ1) is 24.7. The van der Waals surface area contributed by atoms with Gasteiger partial charge in [0.15, 0.2) is 0 Å². The summed E-state index contributed by atoms with van der Waals surface area (Å²) in [6.45, 7) is 2.63. The maximum atomic E-state index is 14.4. The lowest BCUT2D eigenvalue weighted by Crippen LogP contribution is -2.52. The van der Waals surface area contributed by atoms with E-state index < -0.39 is 0 Å². The van der Waals surface area contributed by atoms with Crippen LogP contribution in [-0.2, 0) is 6.54 Å². The molecule has 0 amide bonds. The van der Waals surface area contributed by atoms with Crippen molar-refractivity contribution in [2.45, 2.75) is 43.8 Å². The highest BCUT2D eigenvalue weighted by atomic mass is 19.1. The minimum atomic E-state index is -0.269. The van der Waals surface area contributed by atoms with Crippen molar-refractivity contribution in [3.8, 4) is 11.5 Å². The Morgan fingerprint density at radius 1 is 0.889 bits per heavy atom. The number of nitrogens with zero attached hydrogens (tertiary/aromatic N) is 1. The van der Waals surface area contributed by atoms with E-state index in [9.17, 15) is 8.78 Å². The van der Waals surface area contributed by atoms with Crippen molar-refractivity contribution in [3.63, 3.8) is 0 Å². The molecule has 6 rings (SSSR count). The first-order valence-corrected chi connectivity index (χ1v) is 12.7. The van der Waals surface area contributed by atoms with Crippen LogP contribution in [0.25, 0.3) is 0 Å². The highest BCUT2D eigenvalue weighted by molar-refractivity contribution is 5.41. The number of hydrogen-bond acceptors (Lipinski definition) is 4. The predicted molar refractivity (Wildman–Crippen MR) is 138 cm³/mol. The van der Waals surface area contributed by atoms with E-state index in [1.165, 1.54) is 12.1 Å². The molecule has 0 radical (unpaired) electrons. The molecule has 190 valence electrons. The minimum absolute atomic E-state index is 0.0605. The molecule has 2 unspecified atom stereocenters. The van der Waals surface area contributed by atoms with Gasteiger partial charge in [0.25, 0.3) is 0 Å². The van der Waals surface area contributed by atoms with Crippen LogP contribution < -0.4 is 14.8 Å². The van der Waals surface area contributed by atoms with Crippen LogP contribution in [0, 0.1) is 17.6 Å². The Kier molecular flexibility index (Phi) is 7.54. The van der Waals surface area contributed by atoms with E-state index in [-0.39, 0.29) is 29.6 Å². The lowest BCUT2D eigenvalue weighted by Gasteiger charge is -2.41. The number of nitrogens with one attached hydrogen (secondary N) is 1. The van der Waals surface area contributed by atoms with E-state index >= 15 is 0 Å². The summed E-state index contributed by atoms with van der Waals surface area (Å²) < 4.78 is 39.9. The lowest BCUT2D eigenvalue weighted by molar-refractivity contribution is 0.142. The maximum absolute atomic E-state index is 14.4. The van der Waals surface area contributed by atoms with Crippen LogP contribution in [0.3, 0.4) is 0 Å². The summed E-state index contributed by atoms with van der Waals surface area (Å²) in [6, 6.07) is 19.7. The van der Waals surface area contributed by atoms with Gasteiger partial charge < -0.3 is 14.8 Å². The van der Waals surface area contributed by atoms with Crippen molar-refractivity contribution >= 4 is 0 Å². The summed E-state index contributed by atoms with van der Waals surface area (Å²) in [4.78, 5) is 2.53. The SMILES string of the molecule is COc1ccc(CNC2CC3CCN(CC3)C2C(c2cccc(F)c2)c2cccc(F)c2)c(OC)c1. The van der Waals surface area contributed by atoms with Crippen molar-refractivity contribution in [3.05, 3.63) is 95.1 Å². The van der Waals surface area contributed by atoms with Crippen LogP contribution in [0.2, 0.25) is 0 Å². The second-order valence-corrected chi connectivity index (χ2v) is 9.96. The molecule has 0 saturated carbocycles. The molecule has 36 heavy (non-hydrogen) atoms. The number of rotatable bonds is 8. The molecule has 6 heteroatoms. The summed E-state index contributed by atoms with van der Waals surface area (Å²) >= 11 is 0. The van der Waals surface area contributed by atoms with Crippen LogP contribution >= 0.6 is 0 Å².